The number of nitrogens with zero attached hydrogens (tertiary/aromatic N) is 2. The van der Waals surface area contributed by atoms with Crippen LogP contribution >= 0.6 is 0 Å². The van der Waals surface area contributed by atoms with Crippen LogP contribution in [0.1, 0.15) is 238 Å². The van der Waals surface area contributed by atoms with Gasteiger partial charge in [-0.25, -0.2) is 0 Å². The smallest absolute Gasteiger partial charge is 0.870 e. The van der Waals surface area contributed by atoms with E-state index < -0.39 is 17.8 Å². The number of carbonyl (C=O) groups excluding carboxylic acids is 11. The average Bonchev–Trinajstić information content (AvgIpc) is 0.912. The van der Waals surface area contributed by atoms with Crippen LogP contribution < -0.4 is 128 Å². The topological polar surface area (TPSA) is 594 Å². The summed E-state index contributed by atoms with van der Waals surface area (Å²) >= 11 is 0. The fraction of sp³-hybridized carbons (Fsp3) is 0.744. The Bertz CT molecular complexity index is 2560. The molecule has 35 heteroatoms. The number of hydrogen-bond donors (Lipinski definition) is 19. The van der Waals surface area contributed by atoms with Gasteiger partial charge in [0.25, 0.3) is 0 Å². The number of carboxylic acid groups (broad SMARTS) is 1. The van der Waals surface area contributed by atoms with Crippen LogP contribution in [0, 0.1) is 41.4 Å². The summed E-state index contributed by atoms with van der Waals surface area (Å²) in [6.07, 6.45) is 25.0. The average molecular weight is 1620 g/mol. The van der Waals surface area contributed by atoms with Crippen LogP contribution in [0.25, 0.3) is 0 Å². The minimum Gasteiger partial charge on any atom is -0.870 e. The first kappa shape index (κ1) is 119. The predicted octanol–water partition coefficient (Wildman–Crippen LogP) is 0.438. The molecule has 0 aliphatic carbocycles. The molecule has 650 valence electrons. The number of nitrogens with one attached hydrogen (secondary N) is 11. The van der Waals surface area contributed by atoms with E-state index in [-0.39, 0.29) is 205 Å². The number of rotatable bonds is 59. The summed E-state index contributed by atoms with van der Waals surface area (Å²) in [5.74, 6) is -4.53. The molecule has 0 radical (unpaired) electrons. The molecule has 0 fully saturated rings. The number of carboxylic acids is 1. The van der Waals surface area contributed by atoms with E-state index in [9.17, 15) is 62.6 Å². The van der Waals surface area contributed by atoms with Gasteiger partial charge in [0.05, 0.1) is 44.7 Å². The fourth-order valence-electron chi connectivity index (χ4n) is 10.8. The van der Waals surface area contributed by atoms with Crippen LogP contribution in [0.4, 0.5) is 0 Å². The van der Waals surface area contributed by atoms with Gasteiger partial charge in [0.2, 0.25) is 66.5 Å². The van der Waals surface area contributed by atoms with Gasteiger partial charge in [-0.2, -0.15) is 0 Å². The van der Waals surface area contributed by atoms with Crippen LogP contribution in [-0.4, -0.2) is 189 Å². The van der Waals surface area contributed by atoms with Gasteiger partial charge in [-0.05, 0) is 172 Å². The molecule has 0 spiro atoms. The largest absolute Gasteiger partial charge is 1.00 e. The van der Waals surface area contributed by atoms with E-state index in [1.807, 2.05) is 67.8 Å². The van der Waals surface area contributed by atoms with Gasteiger partial charge in [-0.15, -0.1) is 0 Å². The summed E-state index contributed by atoms with van der Waals surface area (Å²) in [6.45, 7) is 36.8. The Morgan fingerprint density at radius 1 is 0.363 bits per heavy atom. The number of unbranched alkanes of at least 4 members (excludes halogenated alkanes) is 2. The van der Waals surface area contributed by atoms with E-state index in [0.29, 0.717) is 83.4 Å². The van der Waals surface area contributed by atoms with Crippen molar-refractivity contribution in [3.8, 4) is 0 Å². The molecule has 0 aromatic heterocycles. The summed E-state index contributed by atoms with van der Waals surface area (Å²) in [5.41, 5.74) is 42.8. The van der Waals surface area contributed by atoms with Crippen molar-refractivity contribution in [2.45, 2.75) is 305 Å². The van der Waals surface area contributed by atoms with Crippen molar-refractivity contribution in [2.75, 3.05) is 26.7 Å². The van der Waals surface area contributed by atoms with E-state index in [0.717, 1.165) is 89.2 Å². The summed E-state index contributed by atoms with van der Waals surface area (Å²) < 4.78 is 0. The quantitative estimate of drug-likeness (QED) is 0.00981. The first-order chi connectivity index (χ1) is 52.5. The molecule has 18 unspecified atom stereocenters. The molecule has 0 rings (SSSR count). The molecule has 34 nitrogen and oxygen atoms in total. The van der Waals surface area contributed by atoms with E-state index in [2.05, 4.69) is 99.0 Å². The Labute approximate surface area is 698 Å². The van der Waals surface area contributed by atoms with Crippen molar-refractivity contribution in [1.82, 2.24) is 58.5 Å². The minimum atomic E-state index is -0.860. The normalized spacial score (nSPS) is 15.4. The van der Waals surface area contributed by atoms with E-state index in [1.54, 1.807) is 20.8 Å². The first-order valence-electron chi connectivity index (χ1n) is 39.7. The summed E-state index contributed by atoms with van der Waals surface area (Å²) in [6, 6.07) is -0.415. The zero-order valence-corrected chi connectivity index (χ0v) is 73.2. The number of amides is 11. The molecule has 0 aromatic rings. The Morgan fingerprint density at radius 3 is 0.920 bits per heavy atom. The van der Waals surface area contributed by atoms with Crippen molar-refractivity contribution >= 4 is 84.9 Å². The van der Waals surface area contributed by atoms with Gasteiger partial charge in [0, 0.05) is 89.9 Å². The van der Waals surface area contributed by atoms with Crippen molar-refractivity contribution in [1.29, 1.82) is 0 Å². The van der Waals surface area contributed by atoms with Gasteiger partial charge in [0.15, 0.2) is 0 Å². The van der Waals surface area contributed by atoms with Crippen LogP contribution in [0.2, 0.25) is 0 Å². The van der Waals surface area contributed by atoms with Crippen molar-refractivity contribution in [3.63, 3.8) is 0 Å². The number of hydrogen-bond acceptors (Lipinski definition) is 22. The van der Waals surface area contributed by atoms with E-state index >= 15 is 0 Å². The predicted molar refractivity (Wildman–Crippen MR) is 446 cm³/mol. The molecular weight excluding hydrogens is 1460 g/mol. The Kier molecular flexibility index (Phi) is 81.6. The Hall–Kier alpha value is -7.12. The SMILES string of the molecule is C=CC(=O)NCNC(=O)C=C.C=CNC=O.CCC(CC(C)C(=O)NCNC(=O)C(C)CC(CC)NC=O)NC=O.CCC(N)CC(C)C(=O)NCNC(=O)C(C)CC(N)CC.CCC(N)CC(CC)N=CCCCC=NC(CC(N)CC)CC(N)CC(C)C(=O)NCNC(=O)C(C)CC(N)CC(N)CC(CC)C(=O)O.[Na+].[OH-]. The summed E-state index contributed by atoms with van der Waals surface area (Å²) in [5, 5.41) is 37.8. The number of nitrogens with two attached hydrogens (primary N) is 7. The maximum Gasteiger partial charge on any atom is 1.00 e. The zero-order chi connectivity index (χ0) is 85.8. The molecule has 18 atom stereocenters. The third-order valence-electron chi connectivity index (χ3n) is 18.5. The summed E-state index contributed by atoms with van der Waals surface area (Å²) in [7, 11) is 0. The molecule has 11 amide bonds. The molecule has 27 N–H and O–H groups in total. The monoisotopic (exact) mass is 1620 g/mol. The van der Waals surface area contributed by atoms with Crippen LogP contribution in [-0.2, 0) is 57.5 Å². The first-order valence-corrected chi connectivity index (χ1v) is 39.7. The molecular formula is C78H153N20NaO14. The van der Waals surface area contributed by atoms with Gasteiger partial charge in [-0.3, -0.25) is 67.5 Å². The number of aliphatic imine (C=N–C) groups is 2. The molecule has 0 aliphatic heterocycles. The molecule has 0 bridgehead atoms. The van der Waals surface area contributed by atoms with Crippen LogP contribution in [0.5, 0.6) is 0 Å². The second-order valence-electron chi connectivity index (χ2n) is 28.4. The summed E-state index contributed by atoms with van der Waals surface area (Å²) in [4.78, 5) is 145. The van der Waals surface area contributed by atoms with Crippen molar-refractivity contribution in [3.05, 3.63) is 38.1 Å². The van der Waals surface area contributed by atoms with Gasteiger partial charge < -0.3 is 109 Å². The third kappa shape index (κ3) is 69.0. The number of aliphatic carboxylic acids is 1. The molecule has 0 saturated heterocycles. The van der Waals surface area contributed by atoms with Gasteiger partial charge >= 0.3 is 35.5 Å². The Balaban J connectivity index is -0.000000292. The fourth-order valence-corrected chi connectivity index (χ4v) is 10.8. The molecule has 0 aromatic carbocycles. The van der Waals surface area contributed by atoms with Crippen molar-refractivity contribution in [2.24, 2.45) is 91.5 Å². The second-order valence-corrected chi connectivity index (χ2v) is 28.4. The van der Waals surface area contributed by atoms with Crippen LogP contribution in [0.3, 0.4) is 0 Å². The van der Waals surface area contributed by atoms with E-state index in [1.165, 1.54) is 6.20 Å². The van der Waals surface area contributed by atoms with E-state index in [4.69, 9.17) is 50.1 Å². The van der Waals surface area contributed by atoms with Gasteiger partial charge in [-0.1, -0.05) is 117 Å². The standard InChI is InChI=1S/C36H73N9O4.C17H32N4O4.C15H32N4O2.C7H10N2O2.C3H5NO.Na.H2O/c1-7-26(36(48)49)18-31(41)19-29(39)16-24(5)34(46)44-23-45-35(47)25(6)17-30(40)22-33(21-28(38)9-3)43-15-13-11-12-14-42-32(10-4)20-27(37)8-2;1-5-14(20-10-22)7-12(3)16(24)18-9-19-17(25)13(4)8-15(6-2)21-11-23;1-5-12(16)7-10(3)14(20)18-9-19-15(21)11(4)8-13(17)6-2;1-3-6(10)8-5-9-7(11)4-2;1-2-4-3-5;;/h14-15,24-33H,7-13,16-23,37-41H2,1-6H3,(H,44,46)(H,45,47)(H,48,49);10-15H,5-9H2,1-4H3,(H,18,24)(H,19,25)(H,20,22)(H,21,23);10-13H,5-9,16-17H2,1-4H3,(H,18,20)(H,19,21);3-4H,1-2,5H2,(H,8,10)(H,9,11);2-3H,1H2,(H,4,5);;1H2/q;;;;;+1;/p-1. The second kappa shape index (κ2) is 77.5. The number of carbonyl (C=O) groups is 12. The molecule has 0 heterocycles. The molecule has 0 saturated carbocycles. The molecule has 0 aliphatic rings. The van der Waals surface area contributed by atoms with Gasteiger partial charge in [0.1, 0.15) is 0 Å². The maximum atomic E-state index is 12.8. The Morgan fingerprint density at radius 2 is 0.646 bits per heavy atom. The van der Waals surface area contributed by atoms with Crippen LogP contribution in [0.15, 0.2) is 48.1 Å². The zero-order valence-electron chi connectivity index (χ0n) is 71.2. The third-order valence-corrected chi connectivity index (χ3v) is 18.5. The van der Waals surface area contributed by atoms with Crippen molar-refractivity contribution < 1.29 is 97.7 Å². The molecule has 113 heavy (non-hydrogen) atoms. The minimum absolute atomic E-state index is 0. The maximum absolute atomic E-state index is 12.8.